The molecule has 24 N–H and O–H groups in total. The summed E-state index contributed by atoms with van der Waals surface area (Å²) < 4.78 is 51.6. The van der Waals surface area contributed by atoms with Crippen molar-refractivity contribution >= 4 is 156 Å². The molecule has 15 aromatic rings. The van der Waals surface area contributed by atoms with E-state index in [2.05, 4.69) is 77.1 Å². The van der Waals surface area contributed by atoms with Gasteiger partial charge in [-0.15, -0.1) is 0 Å². The normalized spacial score (nSPS) is 26.4. The smallest absolute Gasteiger partial charge is 0.255 e. The number of rotatable bonds is 16. The zero-order valence-electron chi connectivity index (χ0n) is 71.6. The molecule has 1 unspecified atom stereocenters. The molecule has 6 aromatic carbocycles. The standard InChI is InChI=1S/C25H26BrFN4O2.C25H27FN4O2.C24H25ClFN5O2.C24H28N5O2/c1-25(8-6-13-2-3-14-11-16(26)24(29)30-19(14)10-13)12-20(22(32)23(25)33)31-9-7-15-18(28)5-4-17(27)21(15)31;1-25(10-8-14-2-6-19-15(12-14)3-7-21(28)29-19)13-20(23(31)24(25)32)30-11-9-16-18(27)5-4-17(26)22(16)30;1-24(6-4-12-2-3-13-9-15(25)23(28)30-17(13)8-12)10-18(20(32)21(24)33)31-7-5-14-19(31)16(26)11-29-22(14)27;1-24(10-8-14-2-3-15-4-7-21(26)28-18(15)12-14)13-16(22(30)23(24)31)19-5-6-20-17(25)9-11-27-29(19)20/h2-5,7,9-11,20,22-23,32-33H,6,8,12,28H2,1H3,(H2,29,30);2-7,9,11-12,20,23-24,31-32H,8,10,13,27H2,1H3,(H2,28,29);2-3,5,7-9,11,18,20-21,32-33H,4,6,10H2,1H3,(H2,27,29)(H2,28,30);2-7,9,11-12,16,19,22-23,30-31H,8,10,13H2,1H3,(H2,25,27)(H2,26,28)/q;;;+1/t20-,22+,23+,25+;20-,23+,24+,25+;18-,20+,21+,24+;16-,19?,22-,23-,24-/m1110/s1. The van der Waals surface area contributed by atoms with E-state index in [1.54, 1.807) is 87.0 Å². The summed E-state index contributed by atoms with van der Waals surface area (Å²) in [5.74, 6) is 0.523. The molecule has 0 bridgehead atoms. The van der Waals surface area contributed by atoms with Crippen LogP contribution in [-0.2, 0) is 25.7 Å². The zero-order valence-corrected chi connectivity index (χ0v) is 73.9. The second kappa shape index (κ2) is 34.9. The number of nitrogen functional groups attached to an aromatic ring is 8. The van der Waals surface area contributed by atoms with E-state index in [4.69, 9.17) is 57.5 Å². The van der Waals surface area contributed by atoms with Crippen molar-refractivity contribution in [1.82, 2.24) is 43.7 Å². The first-order valence-electron chi connectivity index (χ1n) is 43.3. The van der Waals surface area contributed by atoms with Crippen molar-refractivity contribution in [3.05, 3.63) is 250 Å². The first kappa shape index (κ1) is 89.2. The average Bonchev–Trinajstić information content (AvgIpc) is 1.83. The number of aliphatic hydroxyl groups excluding tert-OH is 8. The van der Waals surface area contributed by atoms with E-state index in [9.17, 15) is 54.0 Å². The van der Waals surface area contributed by atoms with Crippen molar-refractivity contribution < 1.29 is 58.7 Å². The highest BCUT2D eigenvalue weighted by molar-refractivity contribution is 9.10. The average molecular weight is 1840 g/mol. The van der Waals surface area contributed by atoms with E-state index < -0.39 is 100 Å². The Morgan fingerprint density at radius 2 is 0.829 bits per heavy atom. The summed E-state index contributed by atoms with van der Waals surface area (Å²) in [5.41, 5.74) is 56.5. The van der Waals surface area contributed by atoms with Crippen LogP contribution in [0, 0.1) is 45.0 Å². The zero-order chi connectivity index (χ0) is 91.4. The molecule has 17 atom stereocenters. The molecule has 1 aliphatic heterocycles. The molecule has 670 valence electrons. The lowest BCUT2D eigenvalue weighted by Crippen LogP contribution is -2.48. The molecular weight excluding hydrogens is 1730 g/mol. The van der Waals surface area contributed by atoms with E-state index in [1.165, 1.54) is 18.2 Å². The number of aliphatic hydroxyl groups is 8. The summed E-state index contributed by atoms with van der Waals surface area (Å²) >= 11 is 9.46. The molecule has 4 aliphatic carbocycles. The first-order valence-corrected chi connectivity index (χ1v) is 44.4. The molecule has 0 radical (unpaired) electrons. The fourth-order valence-corrected chi connectivity index (χ4v) is 21.2. The first-order chi connectivity index (χ1) is 61.5. The Bertz CT molecular complexity index is 6660. The predicted octanol–water partition coefficient (Wildman–Crippen LogP) is 14.2. The van der Waals surface area contributed by atoms with Crippen molar-refractivity contribution in [1.29, 1.82) is 0 Å². The Morgan fingerprint density at radius 1 is 0.419 bits per heavy atom. The van der Waals surface area contributed by atoms with Crippen LogP contribution >= 0.6 is 27.5 Å². The van der Waals surface area contributed by atoms with Gasteiger partial charge in [0.25, 0.3) is 5.69 Å². The van der Waals surface area contributed by atoms with Crippen LogP contribution in [0.15, 0.2) is 199 Å². The maximum Gasteiger partial charge on any atom is 0.255 e. The second-order valence-corrected chi connectivity index (χ2v) is 38.3. The number of benzene rings is 6. The summed E-state index contributed by atoms with van der Waals surface area (Å²) in [6.07, 6.45) is 12.3. The van der Waals surface area contributed by atoms with E-state index >= 15 is 0 Å². The lowest BCUT2D eigenvalue weighted by molar-refractivity contribution is -0.771. The lowest BCUT2D eigenvalue weighted by atomic mass is 9.79. The van der Waals surface area contributed by atoms with Crippen LogP contribution < -0.4 is 50.6 Å². The number of aryl methyl sites for hydroxylation is 4. The van der Waals surface area contributed by atoms with Crippen molar-refractivity contribution in [2.75, 3.05) is 45.9 Å². The van der Waals surface area contributed by atoms with Gasteiger partial charge in [-0.2, -0.15) is 0 Å². The fraction of sp³-hybridized carbons (Fsp3) is 0.337. The van der Waals surface area contributed by atoms with Gasteiger partial charge in [0.15, 0.2) is 5.82 Å². The highest BCUT2D eigenvalue weighted by Crippen LogP contribution is 2.54. The Kier molecular flexibility index (Phi) is 24.1. The minimum atomic E-state index is -1.04. The number of hydrogen-bond acceptors (Lipinski definition) is 22. The molecule has 0 spiro atoms. The molecule has 10 heterocycles. The number of halogens is 5. The largest absolute Gasteiger partial charge is 0.398 e. The molecule has 5 aliphatic rings. The quantitative estimate of drug-likeness (QED) is 0.0315. The minimum Gasteiger partial charge on any atom is -0.398 e. The highest BCUT2D eigenvalue weighted by Gasteiger charge is 2.57. The third kappa shape index (κ3) is 16.9. The third-order valence-electron chi connectivity index (χ3n) is 28.4. The van der Waals surface area contributed by atoms with Gasteiger partial charge >= 0.3 is 0 Å². The van der Waals surface area contributed by atoms with Gasteiger partial charge in [-0.3, -0.25) is 0 Å². The van der Waals surface area contributed by atoms with Gasteiger partial charge in [0.2, 0.25) is 6.04 Å². The number of fused-ring (bicyclic) bond motifs is 8. The summed E-state index contributed by atoms with van der Waals surface area (Å²) in [6, 6.07) is 46.7. The Morgan fingerprint density at radius 3 is 1.35 bits per heavy atom. The van der Waals surface area contributed by atoms with Gasteiger partial charge < -0.3 is 100 Å². The van der Waals surface area contributed by atoms with Crippen LogP contribution in [0.25, 0.3) is 82.4 Å². The summed E-state index contributed by atoms with van der Waals surface area (Å²) in [6.45, 7) is 7.98. The molecule has 0 amide bonds. The van der Waals surface area contributed by atoms with E-state index in [1.807, 2.05) is 104 Å². The van der Waals surface area contributed by atoms with Crippen molar-refractivity contribution in [2.45, 2.75) is 178 Å². The number of nitrogens with two attached hydrogens (primary N) is 8. The Labute approximate surface area is 754 Å². The molecule has 26 nitrogen and oxygen atoms in total. The molecule has 20 rings (SSSR count). The summed E-state index contributed by atoms with van der Waals surface area (Å²) in [4.78, 5) is 21.4. The van der Waals surface area contributed by atoms with Gasteiger partial charge in [0, 0.05) is 73.7 Å². The second-order valence-electron chi connectivity index (χ2n) is 37.0. The Hall–Kier alpha value is -11.8. The minimum absolute atomic E-state index is 0.113. The number of allylic oxidation sites excluding steroid dienone is 1. The van der Waals surface area contributed by atoms with Crippen molar-refractivity contribution in [3.8, 4) is 0 Å². The molecular formula is C98H106BrClF3N18O8+. The van der Waals surface area contributed by atoms with Crippen molar-refractivity contribution in [2.24, 2.45) is 27.6 Å². The van der Waals surface area contributed by atoms with Gasteiger partial charge in [0.1, 0.15) is 64.7 Å². The van der Waals surface area contributed by atoms with Crippen LogP contribution in [0.2, 0.25) is 5.02 Å². The molecule has 4 fully saturated rings. The molecule has 0 saturated heterocycles. The van der Waals surface area contributed by atoms with Crippen LogP contribution in [0.1, 0.15) is 131 Å². The summed E-state index contributed by atoms with van der Waals surface area (Å²) in [7, 11) is 0. The van der Waals surface area contributed by atoms with Gasteiger partial charge in [-0.25, -0.2) is 38.1 Å². The fourth-order valence-electron chi connectivity index (χ4n) is 20.7. The molecule has 4 saturated carbocycles. The van der Waals surface area contributed by atoms with Gasteiger partial charge in [-0.1, -0.05) is 86.4 Å². The van der Waals surface area contributed by atoms with E-state index in [-0.39, 0.29) is 29.4 Å². The SMILES string of the molecule is C[C@]1(CCc2ccc3cc(Br)c(N)nc3c2)C[C@@H](n2ccc3c(N)ccc(F)c32)[C@H](O)[C@@H]1O.C[C@]1(CCc2ccc3cc(Cl)c(N)nc3c2)C[C@@H](n2ccc3c(N)ncc(F)c32)[C@H](O)[C@@H]1O.C[C@]1(CCc2ccc3ccc(N)nc3c2)C[C@@H](C2C=Cc3c(N)ccn[n+]32)[C@H](O)[C@@H]1O.C[C@]1(CCc2ccc3nc(N)ccc3c2)C[C@@H](n2ccc3c(N)ccc(F)c32)[C@H](O)[C@@H]1O. The summed E-state index contributed by atoms with van der Waals surface area (Å²) in [5, 5.41) is 98.1. The lowest BCUT2D eigenvalue weighted by Gasteiger charge is -2.28. The van der Waals surface area contributed by atoms with Crippen molar-refractivity contribution in [3.63, 3.8) is 0 Å². The molecule has 129 heavy (non-hydrogen) atoms. The highest BCUT2D eigenvalue weighted by atomic mass is 79.9. The number of hydrogen-bond donors (Lipinski definition) is 16. The number of pyridine rings is 5. The number of anilines is 8. The maximum atomic E-state index is 14.6. The predicted molar refractivity (Wildman–Crippen MR) is 504 cm³/mol. The van der Waals surface area contributed by atoms with E-state index in [0.717, 1.165) is 101 Å². The van der Waals surface area contributed by atoms with Crippen LogP contribution in [0.4, 0.5) is 59.3 Å². The topological polar surface area (TPSA) is 466 Å². The van der Waals surface area contributed by atoms with E-state index in [0.29, 0.717) is 130 Å². The van der Waals surface area contributed by atoms with Crippen LogP contribution in [0.5, 0.6) is 0 Å². The third-order valence-corrected chi connectivity index (χ3v) is 29.3. The van der Waals surface area contributed by atoms with Gasteiger partial charge in [-0.05, 0) is 263 Å². The molecule has 31 heteroatoms. The number of nitrogens with zero attached hydrogens (tertiary/aromatic N) is 10. The Balaban J connectivity index is 0.000000121. The van der Waals surface area contributed by atoms with Gasteiger partial charge in [0.05, 0.1) is 115 Å². The van der Waals surface area contributed by atoms with Crippen LogP contribution in [0.3, 0.4) is 0 Å². The molecule has 9 aromatic heterocycles. The monoisotopic (exact) mass is 1830 g/mol. The van der Waals surface area contributed by atoms with Crippen LogP contribution in [-0.4, -0.2) is 133 Å². The maximum absolute atomic E-state index is 14.6. The number of aromatic nitrogens is 10.